The molecule has 1 aliphatic heterocycles. The molecule has 2 aromatic heterocycles. The van der Waals surface area contributed by atoms with Crippen molar-refractivity contribution in [2.75, 3.05) is 6.79 Å². The molecule has 138 valence electrons. The minimum absolute atomic E-state index is 0.156. The first-order valence-electron chi connectivity index (χ1n) is 8.51. The van der Waals surface area contributed by atoms with Crippen LogP contribution in [0.4, 0.5) is 0 Å². The summed E-state index contributed by atoms with van der Waals surface area (Å²) in [6, 6.07) is 5.39. The van der Waals surface area contributed by atoms with Crippen molar-refractivity contribution in [3.63, 3.8) is 0 Å². The molecule has 0 bridgehead atoms. The van der Waals surface area contributed by atoms with Gasteiger partial charge in [-0.25, -0.2) is 0 Å². The Morgan fingerprint density at radius 3 is 2.96 bits per heavy atom. The molecule has 0 spiro atoms. The number of nitrogens with zero attached hydrogens (tertiary/aromatic N) is 1. The third-order valence-corrected chi connectivity index (χ3v) is 6.11. The predicted molar refractivity (Wildman–Crippen MR) is 99.8 cm³/mol. The Kier molecular flexibility index (Phi) is 3.30. The molecular formula is C19H17N3O4S. The lowest BCUT2D eigenvalue weighted by molar-refractivity contribution is 0.100. The van der Waals surface area contributed by atoms with Crippen LogP contribution in [-0.2, 0) is 11.8 Å². The number of ether oxygens (including phenoxy) is 3. The zero-order valence-electron chi connectivity index (χ0n) is 14.8. The fourth-order valence-electron chi connectivity index (χ4n) is 3.71. The molecule has 7 nitrogen and oxygen atoms in total. The van der Waals surface area contributed by atoms with E-state index in [4.69, 9.17) is 19.9 Å². The molecule has 0 saturated carbocycles. The van der Waals surface area contributed by atoms with Gasteiger partial charge in [0, 0.05) is 11.6 Å². The molecular weight excluding hydrogens is 366 g/mol. The number of fused-ring (bicyclic) bond motifs is 4. The Bertz CT molecular complexity index is 1080. The zero-order valence-corrected chi connectivity index (χ0v) is 15.6. The van der Waals surface area contributed by atoms with E-state index in [1.165, 1.54) is 11.3 Å². The van der Waals surface area contributed by atoms with E-state index in [9.17, 15) is 4.79 Å². The number of carbonyl (C=O) groups is 1. The van der Waals surface area contributed by atoms with Crippen LogP contribution >= 0.6 is 11.3 Å². The van der Waals surface area contributed by atoms with Gasteiger partial charge in [0.05, 0.1) is 22.3 Å². The second-order valence-electron chi connectivity index (χ2n) is 7.27. The number of thiophene rings is 1. The smallest absolute Gasteiger partial charge is 0.259 e. The van der Waals surface area contributed by atoms with Crippen molar-refractivity contribution in [3.8, 4) is 33.6 Å². The third kappa shape index (κ3) is 2.40. The van der Waals surface area contributed by atoms with Gasteiger partial charge in [0.25, 0.3) is 5.91 Å². The first-order chi connectivity index (χ1) is 12.9. The van der Waals surface area contributed by atoms with Gasteiger partial charge in [0.2, 0.25) is 6.79 Å². The zero-order chi connectivity index (χ0) is 18.8. The number of aromatic nitrogens is 2. The minimum Gasteiger partial charge on any atom is -0.454 e. The van der Waals surface area contributed by atoms with Gasteiger partial charge in [0.15, 0.2) is 16.6 Å². The molecule has 1 amide bonds. The van der Waals surface area contributed by atoms with Gasteiger partial charge in [-0.15, -0.1) is 0 Å². The summed E-state index contributed by atoms with van der Waals surface area (Å²) in [6.07, 6.45) is 2.53. The maximum Gasteiger partial charge on any atom is 0.259 e. The van der Waals surface area contributed by atoms with Crippen LogP contribution in [0.2, 0.25) is 0 Å². The second kappa shape index (κ2) is 5.50. The summed E-state index contributed by atoms with van der Waals surface area (Å²) < 4.78 is 16.9. The standard InChI is InChI=1S/C19H17N3O4S/c1-19(2)6-10-14(15-11(19)7-21-22-15)18(27-16(10)17(20)23)26-9-3-4-12-13(5-9)25-8-24-12/h3-5,7H,6,8H2,1-2H3,(H2,20,23)(H,21,22). The number of benzene rings is 1. The van der Waals surface area contributed by atoms with Crippen molar-refractivity contribution in [1.29, 1.82) is 0 Å². The number of aromatic amines is 1. The Labute approximate surface area is 159 Å². The third-order valence-electron chi connectivity index (χ3n) is 4.99. The van der Waals surface area contributed by atoms with Crippen molar-refractivity contribution in [2.45, 2.75) is 25.7 Å². The summed E-state index contributed by atoms with van der Waals surface area (Å²) in [4.78, 5) is 12.6. The van der Waals surface area contributed by atoms with E-state index < -0.39 is 5.91 Å². The average molecular weight is 383 g/mol. The van der Waals surface area contributed by atoms with Gasteiger partial charge in [0.1, 0.15) is 5.75 Å². The molecule has 1 aliphatic carbocycles. The molecule has 3 aromatic rings. The van der Waals surface area contributed by atoms with Crippen LogP contribution in [0.5, 0.6) is 22.3 Å². The normalized spacial score (nSPS) is 15.9. The summed E-state index contributed by atoms with van der Waals surface area (Å²) in [5, 5.41) is 7.90. The van der Waals surface area contributed by atoms with Crippen LogP contribution < -0.4 is 19.9 Å². The number of carbonyl (C=O) groups excluding carboxylic acids is 1. The van der Waals surface area contributed by atoms with E-state index in [0.29, 0.717) is 33.6 Å². The molecule has 1 aromatic carbocycles. The van der Waals surface area contributed by atoms with Crippen molar-refractivity contribution >= 4 is 17.2 Å². The summed E-state index contributed by atoms with van der Waals surface area (Å²) in [7, 11) is 0. The van der Waals surface area contributed by atoms with Crippen LogP contribution in [0, 0.1) is 0 Å². The number of nitrogens with one attached hydrogen (secondary N) is 1. The van der Waals surface area contributed by atoms with E-state index in [1.807, 2.05) is 12.3 Å². The van der Waals surface area contributed by atoms with E-state index in [0.717, 1.165) is 22.4 Å². The predicted octanol–water partition coefficient (Wildman–Crippen LogP) is 3.59. The number of hydrogen-bond acceptors (Lipinski definition) is 6. The van der Waals surface area contributed by atoms with Gasteiger partial charge in [-0.3, -0.25) is 9.89 Å². The van der Waals surface area contributed by atoms with Crippen LogP contribution in [0.1, 0.15) is 34.6 Å². The quantitative estimate of drug-likeness (QED) is 0.720. The first-order valence-corrected chi connectivity index (χ1v) is 9.33. The fraction of sp³-hybridized carbons (Fsp3) is 0.263. The summed E-state index contributed by atoms with van der Waals surface area (Å²) in [5.41, 5.74) is 9.24. The fourth-order valence-corrected chi connectivity index (χ4v) is 4.76. The Hall–Kier alpha value is -3.00. The molecule has 0 unspecified atom stereocenters. The molecule has 5 rings (SSSR count). The Morgan fingerprint density at radius 1 is 1.33 bits per heavy atom. The Balaban J connectivity index is 1.64. The maximum atomic E-state index is 12.1. The molecule has 3 N–H and O–H groups in total. The summed E-state index contributed by atoms with van der Waals surface area (Å²) >= 11 is 1.26. The second-order valence-corrected chi connectivity index (χ2v) is 8.26. The number of nitrogens with two attached hydrogens (primary N) is 1. The molecule has 8 heteroatoms. The molecule has 3 heterocycles. The number of amides is 1. The highest BCUT2D eigenvalue weighted by Gasteiger charge is 2.38. The van der Waals surface area contributed by atoms with Crippen LogP contribution in [-0.4, -0.2) is 22.9 Å². The highest BCUT2D eigenvalue weighted by atomic mass is 32.1. The number of hydrogen-bond donors (Lipinski definition) is 2. The highest BCUT2D eigenvalue weighted by molar-refractivity contribution is 7.16. The van der Waals surface area contributed by atoms with Gasteiger partial charge in [-0.05, 0) is 29.5 Å². The molecule has 2 aliphatic rings. The maximum absolute atomic E-state index is 12.1. The van der Waals surface area contributed by atoms with Gasteiger partial charge < -0.3 is 19.9 Å². The highest BCUT2D eigenvalue weighted by Crippen LogP contribution is 2.52. The van der Waals surface area contributed by atoms with Crippen molar-refractivity contribution in [3.05, 3.63) is 40.4 Å². The van der Waals surface area contributed by atoms with Gasteiger partial charge in [-0.1, -0.05) is 25.2 Å². The molecule has 0 saturated heterocycles. The molecule has 27 heavy (non-hydrogen) atoms. The van der Waals surface area contributed by atoms with E-state index in [2.05, 4.69) is 24.0 Å². The van der Waals surface area contributed by atoms with E-state index in [1.54, 1.807) is 12.1 Å². The topological polar surface area (TPSA) is 99.5 Å². The lowest BCUT2D eigenvalue weighted by Crippen LogP contribution is -2.26. The molecule has 0 fully saturated rings. The van der Waals surface area contributed by atoms with Crippen molar-refractivity contribution < 1.29 is 19.0 Å². The van der Waals surface area contributed by atoms with Crippen LogP contribution in [0.3, 0.4) is 0 Å². The SMILES string of the molecule is CC1(C)Cc2c(C(N)=O)sc(Oc3ccc4c(c3)OCO4)c2-c2[nH]ncc21. The first kappa shape index (κ1) is 16.2. The monoisotopic (exact) mass is 383 g/mol. The lowest BCUT2D eigenvalue weighted by atomic mass is 9.73. The van der Waals surface area contributed by atoms with Crippen molar-refractivity contribution in [1.82, 2.24) is 10.2 Å². The summed E-state index contributed by atoms with van der Waals surface area (Å²) in [5.74, 6) is 1.48. The van der Waals surface area contributed by atoms with Crippen LogP contribution in [0.15, 0.2) is 24.4 Å². The van der Waals surface area contributed by atoms with Crippen LogP contribution in [0.25, 0.3) is 11.3 Å². The molecule has 0 atom stereocenters. The van der Waals surface area contributed by atoms with Gasteiger partial charge >= 0.3 is 0 Å². The minimum atomic E-state index is -0.449. The average Bonchev–Trinajstić information content (AvgIpc) is 3.32. The molecule has 0 radical (unpaired) electrons. The number of H-pyrrole nitrogens is 1. The number of primary amides is 1. The van der Waals surface area contributed by atoms with E-state index in [-0.39, 0.29) is 12.2 Å². The van der Waals surface area contributed by atoms with Crippen molar-refractivity contribution in [2.24, 2.45) is 5.73 Å². The largest absolute Gasteiger partial charge is 0.454 e. The Morgan fingerprint density at radius 2 is 2.15 bits per heavy atom. The summed E-state index contributed by atoms with van der Waals surface area (Å²) in [6.45, 7) is 4.46. The number of rotatable bonds is 3. The van der Waals surface area contributed by atoms with E-state index >= 15 is 0 Å². The van der Waals surface area contributed by atoms with Gasteiger partial charge in [-0.2, -0.15) is 5.10 Å². The lowest BCUT2D eigenvalue weighted by Gasteiger charge is -2.30.